The number of thiol groups is 1. The number of likely N-dealkylation sites (N-methyl/N-ethyl adjacent to an activating group) is 1. The molecule has 1 rings (SSSR count). The van der Waals surface area contributed by atoms with Crippen LogP contribution in [0.5, 0.6) is 0 Å². The largest absolute Gasteiger partial charge is 0.305 e. The Kier molecular flexibility index (Phi) is 5.04. The topological polar surface area (TPSA) is 6.48 Å². The van der Waals surface area contributed by atoms with Gasteiger partial charge in [-0.3, -0.25) is 0 Å². The number of rotatable bonds is 3. The standard InChI is InChI=1S/C9H20N2S/c1-10-4-2-5-11(8-7-10)6-3-9-12/h12H,2-9H2,1H3. The first-order chi connectivity index (χ1) is 5.83. The number of nitrogens with zero attached hydrogens (tertiary/aromatic N) is 2. The Morgan fingerprint density at radius 3 is 2.75 bits per heavy atom. The van der Waals surface area contributed by atoms with Gasteiger partial charge < -0.3 is 9.80 Å². The van der Waals surface area contributed by atoms with Crippen LogP contribution in [-0.4, -0.2) is 55.3 Å². The molecule has 0 aromatic carbocycles. The third kappa shape index (κ3) is 3.78. The van der Waals surface area contributed by atoms with E-state index in [1.165, 1.54) is 45.6 Å². The monoisotopic (exact) mass is 188 g/mol. The van der Waals surface area contributed by atoms with Gasteiger partial charge in [0.25, 0.3) is 0 Å². The van der Waals surface area contributed by atoms with Crippen LogP contribution in [0.25, 0.3) is 0 Å². The first-order valence-corrected chi connectivity index (χ1v) is 5.48. The van der Waals surface area contributed by atoms with Gasteiger partial charge in [0.15, 0.2) is 0 Å². The van der Waals surface area contributed by atoms with Crippen molar-refractivity contribution in [3.05, 3.63) is 0 Å². The molecular weight excluding hydrogens is 168 g/mol. The van der Waals surface area contributed by atoms with E-state index in [2.05, 4.69) is 29.5 Å². The van der Waals surface area contributed by atoms with Gasteiger partial charge >= 0.3 is 0 Å². The molecule has 0 N–H and O–H groups in total. The predicted molar refractivity (Wildman–Crippen MR) is 57.0 cm³/mol. The van der Waals surface area contributed by atoms with Crippen LogP contribution in [0.15, 0.2) is 0 Å². The molecule has 0 spiro atoms. The van der Waals surface area contributed by atoms with Crippen molar-refractivity contribution in [2.24, 2.45) is 0 Å². The summed E-state index contributed by atoms with van der Waals surface area (Å²) in [7, 11) is 2.21. The Balaban J connectivity index is 2.17. The van der Waals surface area contributed by atoms with Crippen molar-refractivity contribution >= 4 is 12.6 Å². The average molecular weight is 188 g/mol. The minimum Gasteiger partial charge on any atom is -0.305 e. The van der Waals surface area contributed by atoms with Crippen LogP contribution < -0.4 is 0 Å². The molecule has 0 atom stereocenters. The number of hydrogen-bond donors (Lipinski definition) is 1. The van der Waals surface area contributed by atoms with Crippen molar-refractivity contribution in [1.82, 2.24) is 9.80 Å². The first kappa shape index (κ1) is 10.4. The van der Waals surface area contributed by atoms with Crippen LogP contribution in [0.4, 0.5) is 0 Å². The van der Waals surface area contributed by atoms with Gasteiger partial charge in [-0.05, 0) is 45.3 Å². The average Bonchev–Trinajstić information content (AvgIpc) is 2.27. The van der Waals surface area contributed by atoms with Crippen LogP contribution in [0.2, 0.25) is 0 Å². The Bertz CT molecular complexity index is 117. The molecule has 12 heavy (non-hydrogen) atoms. The lowest BCUT2D eigenvalue weighted by Crippen LogP contribution is -2.29. The molecule has 0 amide bonds. The molecule has 3 heteroatoms. The maximum atomic E-state index is 4.23. The normalized spacial score (nSPS) is 22.5. The van der Waals surface area contributed by atoms with Gasteiger partial charge in [0.2, 0.25) is 0 Å². The summed E-state index contributed by atoms with van der Waals surface area (Å²) in [5, 5.41) is 0. The minimum atomic E-state index is 1.02. The van der Waals surface area contributed by atoms with Gasteiger partial charge in [-0.15, -0.1) is 0 Å². The highest BCUT2D eigenvalue weighted by Gasteiger charge is 2.10. The van der Waals surface area contributed by atoms with E-state index >= 15 is 0 Å². The van der Waals surface area contributed by atoms with E-state index in [-0.39, 0.29) is 0 Å². The molecule has 0 radical (unpaired) electrons. The SMILES string of the molecule is CN1CCCN(CCCS)CC1. The molecule has 0 aromatic heterocycles. The van der Waals surface area contributed by atoms with Gasteiger partial charge in [-0.25, -0.2) is 0 Å². The van der Waals surface area contributed by atoms with Crippen molar-refractivity contribution in [2.75, 3.05) is 45.5 Å². The second-order valence-electron chi connectivity index (χ2n) is 3.58. The predicted octanol–water partition coefficient (Wildman–Crippen LogP) is 0.944. The fourth-order valence-electron chi connectivity index (χ4n) is 1.62. The molecule has 1 aliphatic rings. The maximum absolute atomic E-state index is 4.23. The Morgan fingerprint density at radius 2 is 2.00 bits per heavy atom. The summed E-state index contributed by atoms with van der Waals surface area (Å²) in [4.78, 5) is 4.97. The van der Waals surface area contributed by atoms with Crippen molar-refractivity contribution in [3.8, 4) is 0 Å². The van der Waals surface area contributed by atoms with E-state index in [1.54, 1.807) is 0 Å². The van der Waals surface area contributed by atoms with Crippen LogP contribution >= 0.6 is 12.6 Å². The van der Waals surface area contributed by atoms with Gasteiger partial charge in [-0.2, -0.15) is 12.6 Å². The molecular formula is C9H20N2S. The van der Waals surface area contributed by atoms with Crippen molar-refractivity contribution in [1.29, 1.82) is 0 Å². The summed E-state index contributed by atoms with van der Waals surface area (Å²) in [6, 6.07) is 0. The second kappa shape index (κ2) is 5.84. The van der Waals surface area contributed by atoms with E-state index in [0.717, 1.165) is 5.75 Å². The highest BCUT2D eigenvalue weighted by Crippen LogP contribution is 2.01. The zero-order valence-electron chi connectivity index (χ0n) is 8.00. The molecule has 1 aliphatic heterocycles. The summed E-state index contributed by atoms with van der Waals surface area (Å²) in [6.07, 6.45) is 2.55. The minimum absolute atomic E-state index is 1.02. The third-order valence-electron chi connectivity index (χ3n) is 2.44. The summed E-state index contributed by atoms with van der Waals surface area (Å²) in [5.41, 5.74) is 0. The molecule has 72 valence electrons. The zero-order valence-corrected chi connectivity index (χ0v) is 8.89. The van der Waals surface area contributed by atoms with E-state index in [9.17, 15) is 0 Å². The van der Waals surface area contributed by atoms with Crippen LogP contribution in [0.3, 0.4) is 0 Å². The molecule has 0 aromatic rings. The van der Waals surface area contributed by atoms with Crippen LogP contribution in [0, 0.1) is 0 Å². The molecule has 2 nitrogen and oxygen atoms in total. The summed E-state index contributed by atoms with van der Waals surface area (Å²) in [6.45, 7) is 6.24. The van der Waals surface area contributed by atoms with E-state index in [1.807, 2.05) is 0 Å². The molecule has 1 fully saturated rings. The lowest BCUT2D eigenvalue weighted by atomic mass is 10.3. The first-order valence-electron chi connectivity index (χ1n) is 4.84. The second-order valence-corrected chi connectivity index (χ2v) is 4.02. The van der Waals surface area contributed by atoms with E-state index < -0.39 is 0 Å². The molecule has 1 heterocycles. The molecule has 1 saturated heterocycles. The van der Waals surface area contributed by atoms with Crippen molar-refractivity contribution < 1.29 is 0 Å². The molecule has 0 saturated carbocycles. The lowest BCUT2D eigenvalue weighted by Gasteiger charge is -2.19. The fourth-order valence-corrected chi connectivity index (χ4v) is 1.76. The van der Waals surface area contributed by atoms with E-state index in [4.69, 9.17) is 0 Å². The van der Waals surface area contributed by atoms with Gasteiger partial charge in [0.1, 0.15) is 0 Å². The summed E-state index contributed by atoms with van der Waals surface area (Å²) < 4.78 is 0. The Hall–Kier alpha value is 0.270. The van der Waals surface area contributed by atoms with Gasteiger partial charge in [0.05, 0.1) is 0 Å². The van der Waals surface area contributed by atoms with Crippen LogP contribution in [-0.2, 0) is 0 Å². The van der Waals surface area contributed by atoms with Crippen molar-refractivity contribution in [3.63, 3.8) is 0 Å². The van der Waals surface area contributed by atoms with Crippen molar-refractivity contribution in [2.45, 2.75) is 12.8 Å². The smallest absolute Gasteiger partial charge is 0.0109 e. The quantitative estimate of drug-likeness (QED) is 0.659. The highest BCUT2D eigenvalue weighted by atomic mass is 32.1. The lowest BCUT2D eigenvalue weighted by molar-refractivity contribution is 0.278. The fraction of sp³-hybridized carbons (Fsp3) is 1.00. The zero-order chi connectivity index (χ0) is 8.81. The molecule has 0 unspecified atom stereocenters. The Morgan fingerprint density at radius 1 is 1.17 bits per heavy atom. The van der Waals surface area contributed by atoms with Gasteiger partial charge in [-0.1, -0.05) is 0 Å². The third-order valence-corrected chi connectivity index (χ3v) is 2.76. The maximum Gasteiger partial charge on any atom is 0.0109 e. The van der Waals surface area contributed by atoms with Crippen LogP contribution in [0.1, 0.15) is 12.8 Å². The van der Waals surface area contributed by atoms with E-state index in [0.29, 0.717) is 0 Å². The summed E-state index contributed by atoms with van der Waals surface area (Å²) >= 11 is 4.23. The summed E-state index contributed by atoms with van der Waals surface area (Å²) in [5.74, 6) is 1.02. The van der Waals surface area contributed by atoms with Gasteiger partial charge in [0, 0.05) is 13.1 Å². The number of hydrogen-bond acceptors (Lipinski definition) is 3. The Labute approximate surface area is 81.3 Å². The highest BCUT2D eigenvalue weighted by molar-refractivity contribution is 7.80. The molecule has 0 aliphatic carbocycles. The molecule has 0 bridgehead atoms.